The molecular weight excluding hydrogens is 214 g/mol. The van der Waals surface area contributed by atoms with Crippen molar-refractivity contribution in [1.82, 2.24) is 4.90 Å². The summed E-state index contributed by atoms with van der Waals surface area (Å²) in [5.41, 5.74) is 2.59. The van der Waals surface area contributed by atoms with Crippen LogP contribution in [0.15, 0.2) is 24.8 Å². The van der Waals surface area contributed by atoms with E-state index in [1.165, 1.54) is 11.1 Å². The van der Waals surface area contributed by atoms with Crippen molar-refractivity contribution in [3.63, 3.8) is 0 Å². The number of nitrogens with zero attached hydrogens (tertiary/aromatic N) is 1. The lowest BCUT2D eigenvalue weighted by Gasteiger charge is -2.33. The third kappa shape index (κ3) is 2.03. The number of likely N-dealkylation sites (N-methyl/N-ethyl adjacent to an activating group) is 1. The van der Waals surface area contributed by atoms with Gasteiger partial charge in [-0.25, -0.2) is 0 Å². The van der Waals surface area contributed by atoms with Crippen molar-refractivity contribution in [3.8, 4) is 11.5 Å². The average Bonchev–Trinajstić information content (AvgIpc) is 2.37. The summed E-state index contributed by atoms with van der Waals surface area (Å²) in [5.74, 6) is 1.59. The number of rotatable bonds is 3. The number of methoxy groups -OCH3 is 2. The lowest BCUT2D eigenvalue weighted by Crippen LogP contribution is -2.30. The number of ether oxygens (including phenoxy) is 2. The first-order valence-electron chi connectivity index (χ1n) is 5.78. The van der Waals surface area contributed by atoms with Gasteiger partial charge in [0.05, 0.1) is 20.3 Å². The number of fused-ring (bicyclic) bond motifs is 1. The van der Waals surface area contributed by atoms with Gasteiger partial charge >= 0.3 is 0 Å². The zero-order chi connectivity index (χ0) is 12.4. The first-order chi connectivity index (χ1) is 8.21. The van der Waals surface area contributed by atoms with E-state index in [0.29, 0.717) is 0 Å². The van der Waals surface area contributed by atoms with E-state index < -0.39 is 0 Å². The quantitative estimate of drug-likeness (QED) is 0.748. The third-order valence-corrected chi connectivity index (χ3v) is 3.40. The Morgan fingerprint density at radius 3 is 2.53 bits per heavy atom. The normalized spacial score (nSPS) is 19.6. The van der Waals surface area contributed by atoms with Crippen molar-refractivity contribution in [1.29, 1.82) is 0 Å². The zero-order valence-corrected chi connectivity index (χ0v) is 10.7. The molecule has 0 radical (unpaired) electrons. The first-order valence-corrected chi connectivity index (χ1v) is 5.78. The van der Waals surface area contributed by atoms with Crippen molar-refractivity contribution in [2.24, 2.45) is 0 Å². The molecule has 1 aliphatic heterocycles. The SMILES string of the molecule is C=CC1c2cc(OC)c(OC)cc2CCN1C. The summed E-state index contributed by atoms with van der Waals surface area (Å²) < 4.78 is 10.7. The molecule has 1 aromatic carbocycles. The van der Waals surface area contributed by atoms with Crippen LogP contribution in [0.4, 0.5) is 0 Å². The topological polar surface area (TPSA) is 21.7 Å². The van der Waals surface area contributed by atoms with Gasteiger partial charge in [-0.3, -0.25) is 4.90 Å². The van der Waals surface area contributed by atoms with E-state index in [-0.39, 0.29) is 6.04 Å². The van der Waals surface area contributed by atoms with Gasteiger partial charge in [-0.15, -0.1) is 6.58 Å². The second kappa shape index (κ2) is 4.80. The van der Waals surface area contributed by atoms with Gasteiger partial charge in [0.15, 0.2) is 11.5 Å². The van der Waals surface area contributed by atoms with E-state index in [2.05, 4.69) is 30.7 Å². The van der Waals surface area contributed by atoms with Gasteiger partial charge in [0.25, 0.3) is 0 Å². The lowest BCUT2D eigenvalue weighted by atomic mass is 9.92. The Hall–Kier alpha value is -1.48. The molecule has 1 unspecified atom stereocenters. The molecule has 0 N–H and O–H groups in total. The van der Waals surface area contributed by atoms with E-state index in [1.807, 2.05) is 6.08 Å². The highest BCUT2D eigenvalue weighted by Gasteiger charge is 2.24. The Bertz CT molecular complexity index is 428. The highest BCUT2D eigenvalue weighted by atomic mass is 16.5. The summed E-state index contributed by atoms with van der Waals surface area (Å²) in [6.45, 7) is 4.96. The highest BCUT2D eigenvalue weighted by Crippen LogP contribution is 2.37. The van der Waals surface area contributed by atoms with Gasteiger partial charge in [-0.2, -0.15) is 0 Å². The Balaban J connectivity index is 2.51. The van der Waals surface area contributed by atoms with E-state index in [4.69, 9.17) is 9.47 Å². The minimum atomic E-state index is 0.263. The molecule has 3 heteroatoms. The average molecular weight is 233 g/mol. The largest absolute Gasteiger partial charge is 0.493 e. The van der Waals surface area contributed by atoms with Crippen molar-refractivity contribution >= 4 is 0 Å². The standard InChI is InChI=1S/C14H19NO2/c1-5-12-11-9-14(17-4)13(16-3)8-10(11)6-7-15(12)2/h5,8-9,12H,1,6-7H2,2-4H3. The van der Waals surface area contributed by atoms with Gasteiger partial charge < -0.3 is 9.47 Å². The van der Waals surface area contributed by atoms with Crippen molar-refractivity contribution in [2.45, 2.75) is 12.5 Å². The predicted octanol–water partition coefficient (Wildman–Crippen LogP) is 2.42. The van der Waals surface area contributed by atoms with Crippen LogP contribution < -0.4 is 9.47 Å². The predicted molar refractivity (Wildman–Crippen MR) is 68.8 cm³/mol. The fourth-order valence-corrected chi connectivity index (χ4v) is 2.41. The molecule has 0 spiro atoms. The molecule has 17 heavy (non-hydrogen) atoms. The van der Waals surface area contributed by atoms with Crippen LogP contribution in [0.5, 0.6) is 11.5 Å². The van der Waals surface area contributed by atoms with Crippen molar-refractivity contribution < 1.29 is 9.47 Å². The van der Waals surface area contributed by atoms with Gasteiger partial charge in [0.2, 0.25) is 0 Å². The van der Waals surface area contributed by atoms with E-state index in [0.717, 1.165) is 24.5 Å². The van der Waals surface area contributed by atoms with Crippen LogP contribution in [0, 0.1) is 0 Å². The van der Waals surface area contributed by atoms with E-state index in [1.54, 1.807) is 14.2 Å². The van der Waals surface area contributed by atoms with Crippen LogP contribution in [-0.4, -0.2) is 32.7 Å². The molecule has 0 saturated heterocycles. The van der Waals surface area contributed by atoms with Gasteiger partial charge in [-0.1, -0.05) is 6.08 Å². The maximum Gasteiger partial charge on any atom is 0.161 e. The summed E-state index contributed by atoms with van der Waals surface area (Å²) in [7, 11) is 5.45. The molecule has 0 aliphatic carbocycles. The summed E-state index contributed by atoms with van der Waals surface area (Å²) in [6.07, 6.45) is 3.01. The van der Waals surface area contributed by atoms with Crippen LogP contribution >= 0.6 is 0 Å². The van der Waals surface area contributed by atoms with Crippen LogP contribution in [0.3, 0.4) is 0 Å². The Morgan fingerprint density at radius 2 is 1.94 bits per heavy atom. The fraction of sp³-hybridized carbons (Fsp3) is 0.429. The summed E-state index contributed by atoms with van der Waals surface area (Å²) in [5, 5.41) is 0. The molecule has 1 aliphatic rings. The maximum absolute atomic E-state index is 5.35. The molecule has 0 amide bonds. The molecule has 2 rings (SSSR count). The molecule has 1 heterocycles. The fourth-order valence-electron chi connectivity index (χ4n) is 2.41. The minimum Gasteiger partial charge on any atom is -0.493 e. The molecule has 0 fully saturated rings. The molecular formula is C14H19NO2. The van der Waals surface area contributed by atoms with Crippen LogP contribution in [0.1, 0.15) is 17.2 Å². The summed E-state index contributed by atoms with van der Waals surface area (Å²) in [4.78, 5) is 2.29. The Kier molecular flexibility index (Phi) is 3.38. The smallest absolute Gasteiger partial charge is 0.161 e. The monoisotopic (exact) mass is 233 g/mol. The van der Waals surface area contributed by atoms with Gasteiger partial charge in [0, 0.05) is 6.54 Å². The number of hydrogen-bond acceptors (Lipinski definition) is 3. The van der Waals surface area contributed by atoms with E-state index >= 15 is 0 Å². The molecule has 92 valence electrons. The number of hydrogen-bond donors (Lipinski definition) is 0. The minimum absolute atomic E-state index is 0.263. The Morgan fingerprint density at radius 1 is 1.29 bits per heavy atom. The molecule has 3 nitrogen and oxygen atoms in total. The van der Waals surface area contributed by atoms with Crippen LogP contribution in [-0.2, 0) is 6.42 Å². The van der Waals surface area contributed by atoms with Gasteiger partial charge in [-0.05, 0) is 36.7 Å². The maximum atomic E-state index is 5.35. The molecule has 0 saturated carbocycles. The molecule has 1 atom stereocenters. The van der Waals surface area contributed by atoms with Crippen LogP contribution in [0.2, 0.25) is 0 Å². The second-order valence-electron chi connectivity index (χ2n) is 4.32. The first kappa shape index (κ1) is 12.0. The van der Waals surface area contributed by atoms with E-state index in [9.17, 15) is 0 Å². The van der Waals surface area contributed by atoms with Crippen LogP contribution in [0.25, 0.3) is 0 Å². The second-order valence-corrected chi connectivity index (χ2v) is 4.32. The zero-order valence-electron chi connectivity index (χ0n) is 10.7. The van der Waals surface area contributed by atoms with Crippen molar-refractivity contribution in [2.75, 3.05) is 27.8 Å². The van der Waals surface area contributed by atoms with Crippen molar-refractivity contribution in [3.05, 3.63) is 35.9 Å². The molecule has 1 aromatic rings. The summed E-state index contributed by atoms with van der Waals surface area (Å²) >= 11 is 0. The lowest BCUT2D eigenvalue weighted by molar-refractivity contribution is 0.269. The Labute approximate surface area is 103 Å². The van der Waals surface area contributed by atoms with Gasteiger partial charge in [0.1, 0.15) is 0 Å². The highest BCUT2D eigenvalue weighted by molar-refractivity contribution is 5.50. The third-order valence-electron chi connectivity index (χ3n) is 3.40. The summed E-state index contributed by atoms with van der Waals surface area (Å²) in [6, 6.07) is 4.41. The number of benzene rings is 1. The molecule has 0 bridgehead atoms. The molecule has 0 aromatic heterocycles.